The summed E-state index contributed by atoms with van der Waals surface area (Å²) in [7, 11) is 1.68. The van der Waals surface area contributed by atoms with Crippen LogP contribution >= 0.6 is 11.8 Å². The van der Waals surface area contributed by atoms with Crippen LogP contribution < -0.4 is 5.73 Å². The van der Waals surface area contributed by atoms with E-state index in [-0.39, 0.29) is 11.8 Å². The summed E-state index contributed by atoms with van der Waals surface area (Å²) in [5, 5.41) is 0. The number of carbonyl (C=O) groups is 1. The Balaban J connectivity index is 2.51. The van der Waals surface area contributed by atoms with Crippen molar-refractivity contribution in [2.75, 3.05) is 38.3 Å². The maximum atomic E-state index is 12.2. The Labute approximate surface area is 108 Å². The summed E-state index contributed by atoms with van der Waals surface area (Å²) in [5.74, 6) is 2.72. The molecule has 1 saturated heterocycles. The van der Waals surface area contributed by atoms with E-state index >= 15 is 0 Å². The maximum absolute atomic E-state index is 12.2. The third-order valence-electron chi connectivity index (χ3n) is 3.13. The minimum Gasteiger partial charge on any atom is -0.383 e. The molecule has 0 spiro atoms. The largest absolute Gasteiger partial charge is 0.383 e. The highest BCUT2D eigenvalue weighted by atomic mass is 32.2. The van der Waals surface area contributed by atoms with Crippen LogP contribution in [0.1, 0.15) is 19.8 Å². The molecule has 17 heavy (non-hydrogen) atoms. The van der Waals surface area contributed by atoms with E-state index in [2.05, 4.69) is 0 Å². The minimum atomic E-state index is 0.229. The number of hydrogen-bond donors (Lipinski definition) is 1. The Bertz CT molecular complexity index is 233. The van der Waals surface area contributed by atoms with Gasteiger partial charge in [0.2, 0.25) is 5.91 Å². The van der Waals surface area contributed by atoms with Gasteiger partial charge in [-0.25, -0.2) is 0 Å². The van der Waals surface area contributed by atoms with Crippen molar-refractivity contribution in [3.8, 4) is 0 Å². The van der Waals surface area contributed by atoms with E-state index in [1.807, 2.05) is 23.6 Å². The number of carbonyl (C=O) groups excluding carboxylic acids is 1. The van der Waals surface area contributed by atoms with E-state index in [1.165, 1.54) is 0 Å². The zero-order chi connectivity index (χ0) is 12.7. The number of rotatable bonds is 7. The number of ether oxygens (including phenoxy) is 1. The number of hydrogen-bond acceptors (Lipinski definition) is 4. The van der Waals surface area contributed by atoms with Gasteiger partial charge in [0.05, 0.1) is 6.61 Å². The lowest BCUT2D eigenvalue weighted by molar-refractivity contribution is -0.134. The second kappa shape index (κ2) is 7.95. The molecular formula is C12H24N2O2S. The molecule has 0 aromatic rings. The molecule has 2 N–H and O–H groups in total. The van der Waals surface area contributed by atoms with E-state index < -0.39 is 0 Å². The molecule has 4 nitrogen and oxygen atoms in total. The molecule has 2 unspecified atom stereocenters. The average molecular weight is 260 g/mol. The van der Waals surface area contributed by atoms with Gasteiger partial charge in [0.15, 0.2) is 0 Å². The van der Waals surface area contributed by atoms with Crippen molar-refractivity contribution in [3.63, 3.8) is 0 Å². The molecule has 0 radical (unpaired) electrons. The van der Waals surface area contributed by atoms with Crippen molar-refractivity contribution in [1.82, 2.24) is 4.90 Å². The van der Waals surface area contributed by atoms with E-state index in [0.29, 0.717) is 32.2 Å². The van der Waals surface area contributed by atoms with Gasteiger partial charge >= 0.3 is 0 Å². The van der Waals surface area contributed by atoms with Crippen molar-refractivity contribution >= 4 is 17.7 Å². The van der Waals surface area contributed by atoms with E-state index in [1.54, 1.807) is 7.11 Å². The van der Waals surface area contributed by atoms with Gasteiger partial charge in [0, 0.05) is 31.9 Å². The van der Waals surface area contributed by atoms with Crippen molar-refractivity contribution in [2.24, 2.45) is 11.7 Å². The maximum Gasteiger partial charge on any atom is 0.223 e. The van der Waals surface area contributed by atoms with Crippen LogP contribution in [0, 0.1) is 5.92 Å². The van der Waals surface area contributed by atoms with Gasteiger partial charge in [0.25, 0.3) is 0 Å². The van der Waals surface area contributed by atoms with Crippen LogP contribution in [0.5, 0.6) is 0 Å². The van der Waals surface area contributed by atoms with Crippen molar-refractivity contribution in [3.05, 3.63) is 0 Å². The Morgan fingerprint density at radius 3 is 2.94 bits per heavy atom. The highest BCUT2D eigenvalue weighted by Gasteiger charge is 2.27. The van der Waals surface area contributed by atoms with Gasteiger partial charge < -0.3 is 15.4 Å². The summed E-state index contributed by atoms with van der Waals surface area (Å²) in [6.07, 6.45) is 1.67. The predicted octanol–water partition coefficient (Wildman–Crippen LogP) is 0.952. The lowest BCUT2D eigenvalue weighted by atomic mass is 10.1. The third kappa shape index (κ3) is 4.85. The van der Waals surface area contributed by atoms with Crippen molar-refractivity contribution < 1.29 is 9.53 Å². The summed E-state index contributed by atoms with van der Waals surface area (Å²) in [6.45, 7) is 3.92. The van der Waals surface area contributed by atoms with Gasteiger partial charge in [0.1, 0.15) is 0 Å². The van der Waals surface area contributed by atoms with Gasteiger partial charge in [-0.05, 0) is 24.6 Å². The Kier molecular flexibility index (Phi) is 6.92. The number of nitrogens with two attached hydrogens (primary N) is 1. The zero-order valence-electron chi connectivity index (χ0n) is 10.9. The summed E-state index contributed by atoms with van der Waals surface area (Å²) in [5.41, 5.74) is 5.57. The first-order chi connectivity index (χ1) is 8.19. The minimum absolute atomic E-state index is 0.229. The topological polar surface area (TPSA) is 55.6 Å². The first-order valence-corrected chi connectivity index (χ1v) is 7.40. The third-order valence-corrected chi connectivity index (χ3v) is 4.27. The molecule has 0 aromatic heterocycles. The van der Waals surface area contributed by atoms with Crippen LogP contribution in [0.2, 0.25) is 0 Å². The molecule has 0 aromatic carbocycles. The quantitative estimate of drug-likeness (QED) is 0.740. The molecule has 1 amide bonds. The van der Waals surface area contributed by atoms with Gasteiger partial charge in [-0.15, -0.1) is 0 Å². The monoisotopic (exact) mass is 260 g/mol. The summed E-state index contributed by atoms with van der Waals surface area (Å²) in [6, 6.07) is 0.396. The zero-order valence-corrected chi connectivity index (χ0v) is 11.7. The van der Waals surface area contributed by atoms with Crippen molar-refractivity contribution in [2.45, 2.75) is 25.8 Å². The molecule has 2 atom stereocenters. The first-order valence-electron chi connectivity index (χ1n) is 6.25. The molecule has 1 aliphatic rings. The molecular weight excluding hydrogens is 236 g/mol. The molecule has 1 rings (SSSR count). The Hall–Kier alpha value is -0.260. The molecule has 0 saturated carbocycles. The van der Waals surface area contributed by atoms with Crippen LogP contribution in [-0.2, 0) is 9.53 Å². The van der Waals surface area contributed by atoms with Crippen LogP contribution in [0.15, 0.2) is 0 Å². The summed E-state index contributed by atoms with van der Waals surface area (Å²) >= 11 is 1.93. The highest BCUT2D eigenvalue weighted by Crippen LogP contribution is 2.23. The van der Waals surface area contributed by atoms with Crippen molar-refractivity contribution in [1.29, 1.82) is 0 Å². The normalized spacial score (nSPS) is 21.5. The fourth-order valence-corrected chi connectivity index (χ4v) is 3.19. The van der Waals surface area contributed by atoms with Gasteiger partial charge in [-0.2, -0.15) is 11.8 Å². The van der Waals surface area contributed by atoms with Gasteiger partial charge in [-0.1, -0.05) is 6.92 Å². The first kappa shape index (κ1) is 14.8. The van der Waals surface area contributed by atoms with Crippen LogP contribution in [-0.4, -0.2) is 55.2 Å². The SMILES string of the molecule is COCCN(C(=O)CC(C)CN)C1CCSC1. The van der Waals surface area contributed by atoms with Crippen LogP contribution in [0.25, 0.3) is 0 Å². The summed E-state index contributed by atoms with van der Waals surface area (Å²) in [4.78, 5) is 14.2. The molecule has 1 fully saturated rings. The number of thioether (sulfide) groups is 1. The highest BCUT2D eigenvalue weighted by molar-refractivity contribution is 7.99. The van der Waals surface area contributed by atoms with Crippen LogP contribution in [0.3, 0.4) is 0 Å². The Morgan fingerprint density at radius 1 is 1.65 bits per heavy atom. The summed E-state index contributed by atoms with van der Waals surface area (Å²) < 4.78 is 5.09. The molecule has 0 bridgehead atoms. The lowest BCUT2D eigenvalue weighted by Gasteiger charge is -2.29. The number of methoxy groups -OCH3 is 1. The Morgan fingerprint density at radius 2 is 2.41 bits per heavy atom. The fraction of sp³-hybridized carbons (Fsp3) is 0.917. The molecule has 5 heteroatoms. The fourth-order valence-electron chi connectivity index (χ4n) is 1.97. The molecule has 1 heterocycles. The molecule has 100 valence electrons. The predicted molar refractivity (Wildman–Crippen MR) is 72.2 cm³/mol. The smallest absolute Gasteiger partial charge is 0.223 e. The molecule has 1 aliphatic heterocycles. The van der Waals surface area contributed by atoms with E-state index in [0.717, 1.165) is 17.9 Å². The second-order valence-corrected chi connectivity index (χ2v) is 5.79. The van der Waals surface area contributed by atoms with E-state index in [9.17, 15) is 4.79 Å². The number of nitrogens with zero attached hydrogens (tertiary/aromatic N) is 1. The average Bonchev–Trinajstić information content (AvgIpc) is 2.83. The second-order valence-electron chi connectivity index (χ2n) is 4.64. The standard InChI is InChI=1S/C12H24N2O2S/c1-10(8-13)7-12(15)14(4-5-16-2)11-3-6-17-9-11/h10-11H,3-9,13H2,1-2H3. The molecule has 0 aliphatic carbocycles. The van der Waals surface area contributed by atoms with Gasteiger partial charge in [-0.3, -0.25) is 4.79 Å². The van der Waals surface area contributed by atoms with E-state index in [4.69, 9.17) is 10.5 Å². The lowest BCUT2D eigenvalue weighted by Crippen LogP contribution is -2.43. The number of amides is 1. The van der Waals surface area contributed by atoms with Crippen LogP contribution in [0.4, 0.5) is 0 Å².